The van der Waals surface area contributed by atoms with Crippen LogP contribution in [0, 0.1) is 0 Å². The maximum Gasteiger partial charge on any atom is 0.357 e. The van der Waals surface area contributed by atoms with E-state index in [1.54, 1.807) is 6.07 Å². The second-order valence-electron chi connectivity index (χ2n) is 3.95. The summed E-state index contributed by atoms with van der Waals surface area (Å²) in [5, 5.41) is 10.5. The normalized spacial score (nSPS) is 12.4. The summed E-state index contributed by atoms with van der Waals surface area (Å²) in [5.41, 5.74) is 1.04. The maximum absolute atomic E-state index is 11.6. The number of carboxylic acids is 1. The number of thiazole rings is 1. The third-order valence-electron chi connectivity index (χ3n) is 2.70. The molecule has 0 aliphatic heterocycles. The van der Waals surface area contributed by atoms with Gasteiger partial charge in [-0.3, -0.25) is 4.21 Å². The van der Waals surface area contributed by atoms with Gasteiger partial charge in [-0.25, -0.2) is 14.1 Å². The summed E-state index contributed by atoms with van der Waals surface area (Å²) in [6.45, 7) is 0. The minimum Gasteiger partial charge on any atom is -0.755 e. The van der Waals surface area contributed by atoms with Gasteiger partial charge in [0.2, 0.25) is 0 Å². The molecule has 1 aromatic carbocycles. The second-order valence-corrected chi connectivity index (χ2v) is 6.64. The number of thiophene rings is 1. The van der Waals surface area contributed by atoms with Crippen LogP contribution in [0.25, 0.3) is 10.1 Å². The molecule has 1 atom stereocenters. The first-order valence-corrected chi connectivity index (χ1v) is 8.35. The summed E-state index contributed by atoms with van der Waals surface area (Å²) in [7, 11) is 0. The van der Waals surface area contributed by atoms with E-state index in [1.807, 2.05) is 24.3 Å². The van der Waals surface area contributed by atoms with E-state index in [4.69, 9.17) is 5.11 Å². The van der Waals surface area contributed by atoms with E-state index >= 15 is 0 Å². The van der Waals surface area contributed by atoms with Gasteiger partial charge in [-0.15, -0.1) is 22.7 Å². The Bertz CT molecular complexity index is 809. The summed E-state index contributed by atoms with van der Waals surface area (Å²) in [4.78, 5) is 14.8. The topological polar surface area (TPSA) is 93.6 Å². The van der Waals surface area contributed by atoms with Crippen LogP contribution in [0.4, 0.5) is 10.0 Å². The highest BCUT2D eigenvalue weighted by Crippen LogP contribution is 2.40. The SMILES string of the molecule is O=C(O)c1ncsc1N(c1cc2ccccc2s1)S(=O)[O-]. The fourth-order valence-electron chi connectivity index (χ4n) is 1.84. The number of hydrogen-bond acceptors (Lipinski definition) is 6. The van der Waals surface area contributed by atoms with Gasteiger partial charge in [-0.05, 0) is 17.5 Å². The van der Waals surface area contributed by atoms with Crippen molar-refractivity contribution >= 4 is 60.0 Å². The maximum atomic E-state index is 11.6. The molecule has 0 radical (unpaired) electrons. The third kappa shape index (κ3) is 2.56. The van der Waals surface area contributed by atoms with Crippen molar-refractivity contribution in [3.8, 4) is 0 Å². The van der Waals surface area contributed by atoms with E-state index < -0.39 is 17.2 Å². The lowest BCUT2D eigenvalue weighted by Gasteiger charge is -2.23. The summed E-state index contributed by atoms with van der Waals surface area (Å²) in [6, 6.07) is 9.16. The molecule has 1 unspecified atom stereocenters. The van der Waals surface area contributed by atoms with E-state index in [-0.39, 0.29) is 10.7 Å². The minimum atomic E-state index is -2.64. The van der Waals surface area contributed by atoms with E-state index in [0.717, 1.165) is 25.7 Å². The summed E-state index contributed by atoms with van der Waals surface area (Å²) in [6.07, 6.45) is 0. The van der Waals surface area contributed by atoms with Gasteiger partial charge in [0.25, 0.3) is 0 Å². The van der Waals surface area contributed by atoms with Gasteiger partial charge in [-0.2, -0.15) is 0 Å². The smallest absolute Gasteiger partial charge is 0.357 e. The Labute approximate surface area is 129 Å². The van der Waals surface area contributed by atoms with Crippen LogP contribution >= 0.6 is 22.7 Å². The highest BCUT2D eigenvalue weighted by Gasteiger charge is 2.23. The molecule has 1 N–H and O–H groups in total. The highest BCUT2D eigenvalue weighted by molar-refractivity contribution is 7.81. The quantitative estimate of drug-likeness (QED) is 0.738. The molecular formula is C12H7N2O4S3-. The number of aromatic nitrogens is 1. The van der Waals surface area contributed by atoms with E-state index in [9.17, 15) is 13.6 Å². The zero-order valence-corrected chi connectivity index (χ0v) is 12.7. The summed E-state index contributed by atoms with van der Waals surface area (Å²) < 4.78 is 25.0. The van der Waals surface area contributed by atoms with Crippen LogP contribution in [-0.2, 0) is 11.3 Å². The lowest BCUT2D eigenvalue weighted by Crippen LogP contribution is -2.19. The van der Waals surface area contributed by atoms with Crippen molar-refractivity contribution in [2.45, 2.75) is 0 Å². The van der Waals surface area contributed by atoms with Gasteiger partial charge >= 0.3 is 5.97 Å². The standard InChI is InChI=1S/C12H8N2O4S3/c15-12(16)10-11(19-6-13-10)14(21(17)18)9-5-7-3-1-2-4-8(7)20-9/h1-6H,(H,15,16)(H,17,18)/p-1. The van der Waals surface area contributed by atoms with Crippen molar-refractivity contribution in [2.24, 2.45) is 0 Å². The lowest BCUT2D eigenvalue weighted by molar-refractivity contribution is 0.0692. The molecule has 0 amide bonds. The Kier molecular flexibility index (Phi) is 3.72. The number of nitrogens with zero attached hydrogens (tertiary/aromatic N) is 2. The Morgan fingerprint density at radius 3 is 2.81 bits per heavy atom. The van der Waals surface area contributed by atoms with Crippen molar-refractivity contribution in [2.75, 3.05) is 4.31 Å². The van der Waals surface area contributed by atoms with Crippen LogP contribution in [0.15, 0.2) is 35.8 Å². The number of benzene rings is 1. The number of anilines is 2. The molecule has 9 heteroatoms. The minimum absolute atomic E-state index is 0.0717. The van der Waals surface area contributed by atoms with Crippen molar-refractivity contribution in [1.29, 1.82) is 0 Å². The predicted octanol–water partition coefficient (Wildman–Crippen LogP) is 2.99. The molecule has 21 heavy (non-hydrogen) atoms. The van der Waals surface area contributed by atoms with Gasteiger partial charge in [0.05, 0.1) is 16.8 Å². The van der Waals surface area contributed by atoms with Gasteiger partial charge in [-0.1, -0.05) is 18.2 Å². The molecule has 0 aliphatic carbocycles. The van der Waals surface area contributed by atoms with Crippen LogP contribution < -0.4 is 4.31 Å². The number of hydrogen-bond donors (Lipinski definition) is 1. The first-order valence-electron chi connectivity index (χ1n) is 5.63. The van der Waals surface area contributed by atoms with Crippen molar-refractivity contribution in [3.63, 3.8) is 0 Å². The van der Waals surface area contributed by atoms with Crippen LogP contribution in [0.5, 0.6) is 0 Å². The van der Waals surface area contributed by atoms with Crippen molar-refractivity contribution in [3.05, 3.63) is 41.5 Å². The number of rotatable bonds is 4. The fraction of sp³-hybridized carbons (Fsp3) is 0. The molecule has 0 saturated heterocycles. The zero-order valence-electron chi connectivity index (χ0n) is 10.3. The van der Waals surface area contributed by atoms with Crippen LogP contribution in [0.1, 0.15) is 10.5 Å². The van der Waals surface area contributed by atoms with E-state index in [0.29, 0.717) is 5.00 Å². The number of aromatic carboxylic acids is 1. The van der Waals surface area contributed by atoms with Gasteiger partial charge < -0.3 is 9.66 Å². The average Bonchev–Trinajstić information content (AvgIpc) is 3.04. The van der Waals surface area contributed by atoms with Crippen LogP contribution in [0.3, 0.4) is 0 Å². The lowest BCUT2D eigenvalue weighted by atomic mass is 10.3. The third-order valence-corrected chi connectivity index (χ3v) is 5.52. The highest BCUT2D eigenvalue weighted by atomic mass is 32.2. The van der Waals surface area contributed by atoms with E-state index in [2.05, 4.69) is 4.98 Å². The molecular weight excluding hydrogens is 332 g/mol. The Hall–Kier alpha value is -1.81. The Morgan fingerprint density at radius 2 is 2.14 bits per heavy atom. The summed E-state index contributed by atoms with van der Waals surface area (Å²) >= 11 is -0.399. The molecule has 6 nitrogen and oxygen atoms in total. The number of fused-ring (bicyclic) bond motifs is 1. The monoisotopic (exact) mass is 339 g/mol. The molecule has 0 aliphatic rings. The largest absolute Gasteiger partial charge is 0.755 e. The molecule has 3 rings (SSSR count). The molecule has 0 fully saturated rings. The second kappa shape index (κ2) is 5.53. The molecule has 2 heterocycles. The molecule has 0 bridgehead atoms. The fourth-order valence-corrected chi connectivity index (χ4v) is 4.61. The van der Waals surface area contributed by atoms with Gasteiger partial charge in [0.15, 0.2) is 5.69 Å². The average molecular weight is 339 g/mol. The number of carbonyl (C=O) groups is 1. The molecule has 108 valence electrons. The zero-order chi connectivity index (χ0) is 15.0. The summed E-state index contributed by atoms with van der Waals surface area (Å²) in [5.74, 6) is -1.26. The van der Waals surface area contributed by atoms with E-state index in [1.165, 1.54) is 16.8 Å². The van der Waals surface area contributed by atoms with Crippen LogP contribution in [-0.4, -0.2) is 24.8 Å². The molecule has 0 spiro atoms. The molecule has 3 aromatic rings. The van der Waals surface area contributed by atoms with Crippen LogP contribution in [0.2, 0.25) is 0 Å². The Balaban J connectivity index is 2.16. The van der Waals surface area contributed by atoms with Crippen molar-refractivity contribution < 1.29 is 18.7 Å². The molecule has 0 saturated carbocycles. The molecule has 2 aromatic heterocycles. The predicted molar refractivity (Wildman–Crippen MR) is 82.0 cm³/mol. The first kappa shape index (κ1) is 14.1. The van der Waals surface area contributed by atoms with Gasteiger partial charge in [0, 0.05) is 4.70 Å². The number of carboxylic acid groups (broad SMARTS) is 1. The first-order chi connectivity index (χ1) is 10.1. The Morgan fingerprint density at radius 1 is 1.38 bits per heavy atom. The van der Waals surface area contributed by atoms with Crippen molar-refractivity contribution in [1.82, 2.24) is 4.98 Å². The van der Waals surface area contributed by atoms with Gasteiger partial charge in [0.1, 0.15) is 10.0 Å².